The van der Waals surface area contributed by atoms with Crippen molar-refractivity contribution in [2.45, 2.75) is 38.5 Å². The zero-order valence-electron chi connectivity index (χ0n) is 20.2. The summed E-state index contributed by atoms with van der Waals surface area (Å²) in [6.45, 7) is 3.79. The maximum Gasteiger partial charge on any atom is 0.181 e. The van der Waals surface area contributed by atoms with E-state index in [2.05, 4.69) is 26.9 Å². The van der Waals surface area contributed by atoms with Crippen LogP contribution >= 0.6 is 11.3 Å². The number of rotatable bonds is 4. The number of thiophene rings is 1. The number of benzene rings is 1. The lowest BCUT2D eigenvalue weighted by molar-refractivity contribution is 0.415. The average Bonchev–Trinajstić information content (AvgIpc) is 3.25. The Bertz CT molecular complexity index is 1300. The molecule has 1 fully saturated rings. The van der Waals surface area contributed by atoms with Crippen LogP contribution in [0.25, 0.3) is 21.7 Å². The number of hydrogen-bond donors (Lipinski definition) is 0. The van der Waals surface area contributed by atoms with Crippen LogP contribution in [0.4, 0.5) is 11.5 Å². The van der Waals surface area contributed by atoms with Gasteiger partial charge in [0.05, 0.1) is 12.5 Å². The standard InChI is InChI=1S/C28H31N5OS/c1-34-21-13-11-20(12-14-21)32-16-18-33(19-17-32)27-25-22-8-4-2-3-5-10-24(22)35-28(25)31-26(30-27)23-9-6-7-15-29-23/h6-7,9,11-15H,2-5,8,10,16-19H2,1H3. The van der Waals surface area contributed by atoms with E-state index < -0.39 is 0 Å². The minimum Gasteiger partial charge on any atom is -0.497 e. The molecular formula is C28H31N5OS. The number of piperazine rings is 1. The molecule has 0 amide bonds. The summed E-state index contributed by atoms with van der Waals surface area (Å²) in [7, 11) is 1.71. The minimum atomic E-state index is 0.736. The molecule has 0 bridgehead atoms. The second kappa shape index (κ2) is 9.82. The fourth-order valence-corrected chi connectivity index (χ4v) is 6.56. The van der Waals surface area contributed by atoms with Gasteiger partial charge in [-0.2, -0.15) is 0 Å². The Morgan fingerprint density at radius 2 is 1.60 bits per heavy atom. The van der Waals surface area contributed by atoms with Crippen molar-refractivity contribution in [2.24, 2.45) is 0 Å². The van der Waals surface area contributed by atoms with Crippen molar-refractivity contribution in [3.8, 4) is 17.3 Å². The van der Waals surface area contributed by atoms with Gasteiger partial charge in [-0.15, -0.1) is 11.3 Å². The minimum absolute atomic E-state index is 0.736. The summed E-state index contributed by atoms with van der Waals surface area (Å²) in [6.07, 6.45) is 9.31. The molecule has 0 radical (unpaired) electrons. The molecule has 0 unspecified atom stereocenters. The first-order valence-electron chi connectivity index (χ1n) is 12.7. The van der Waals surface area contributed by atoms with E-state index >= 15 is 0 Å². The zero-order valence-corrected chi connectivity index (χ0v) is 21.1. The van der Waals surface area contributed by atoms with E-state index in [0.717, 1.165) is 60.5 Å². The van der Waals surface area contributed by atoms with Crippen molar-refractivity contribution in [1.29, 1.82) is 0 Å². The summed E-state index contributed by atoms with van der Waals surface area (Å²) in [5, 5.41) is 1.30. The molecule has 1 aromatic carbocycles. The molecule has 3 aromatic heterocycles. The van der Waals surface area contributed by atoms with Crippen molar-refractivity contribution in [3.63, 3.8) is 0 Å². The predicted octanol–water partition coefficient (Wildman–Crippen LogP) is 5.75. The number of fused-ring (bicyclic) bond motifs is 3. The summed E-state index contributed by atoms with van der Waals surface area (Å²) in [4.78, 5) is 22.3. The fourth-order valence-electron chi connectivity index (χ4n) is 5.30. The van der Waals surface area contributed by atoms with Crippen LogP contribution in [0.2, 0.25) is 0 Å². The van der Waals surface area contributed by atoms with Gasteiger partial charge in [-0.1, -0.05) is 18.9 Å². The number of aromatic nitrogens is 3. The van der Waals surface area contributed by atoms with Gasteiger partial charge in [0.1, 0.15) is 22.1 Å². The van der Waals surface area contributed by atoms with Crippen molar-refractivity contribution >= 4 is 33.1 Å². The first-order valence-corrected chi connectivity index (χ1v) is 13.5. The van der Waals surface area contributed by atoms with Gasteiger partial charge in [0.2, 0.25) is 0 Å². The highest BCUT2D eigenvalue weighted by atomic mass is 32.1. The molecule has 4 aromatic rings. The van der Waals surface area contributed by atoms with Crippen LogP contribution in [-0.4, -0.2) is 48.2 Å². The first-order chi connectivity index (χ1) is 17.3. The molecule has 4 heterocycles. The molecule has 180 valence electrons. The molecule has 6 rings (SSSR count). The number of aryl methyl sites for hydroxylation is 2. The molecule has 0 N–H and O–H groups in total. The molecule has 1 aliphatic carbocycles. The second-order valence-electron chi connectivity index (χ2n) is 9.36. The molecular weight excluding hydrogens is 454 g/mol. The highest BCUT2D eigenvalue weighted by molar-refractivity contribution is 7.19. The van der Waals surface area contributed by atoms with Gasteiger partial charge >= 0.3 is 0 Å². The normalized spacial score (nSPS) is 16.6. The van der Waals surface area contributed by atoms with Gasteiger partial charge in [0, 0.05) is 42.9 Å². The first kappa shape index (κ1) is 22.3. The Kier molecular flexibility index (Phi) is 6.25. The Labute approximate surface area is 210 Å². The third kappa shape index (κ3) is 4.45. The van der Waals surface area contributed by atoms with E-state index in [1.54, 1.807) is 7.11 Å². The summed E-state index contributed by atoms with van der Waals surface area (Å²) in [5.74, 6) is 2.73. The number of hydrogen-bond acceptors (Lipinski definition) is 7. The number of pyridine rings is 1. The van der Waals surface area contributed by atoms with Gasteiger partial charge in [-0.3, -0.25) is 4.98 Å². The Hall–Kier alpha value is -3.19. The van der Waals surface area contributed by atoms with E-state index in [1.165, 1.54) is 53.6 Å². The average molecular weight is 486 g/mol. The van der Waals surface area contributed by atoms with E-state index in [4.69, 9.17) is 14.7 Å². The summed E-state index contributed by atoms with van der Waals surface area (Å²) >= 11 is 1.88. The molecule has 35 heavy (non-hydrogen) atoms. The lowest BCUT2D eigenvalue weighted by Crippen LogP contribution is -2.47. The quantitative estimate of drug-likeness (QED) is 0.367. The Balaban J connectivity index is 1.36. The predicted molar refractivity (Wildman–Crippen MR) is 144 cm³/mol. The topological polar surface area (TPSA) is 54.4 Å². The molecule has 0 saturated carbocycles. The van der Waals surface area contributed by atoms with Crippen LogP contribution in [-0.2, 0) is 12.8 Å². The second-order valence-corrected chi connectivity index (χ2v) is 10.4. The van der Waals surface area contributed by atoms with Crippen molar-refractivity contribution in [3.05, 3.63) is 59.1 Å². The summed E-state index contributed by atoms with van der Waals surface area (Å²) in [6, 6.07) is 14.3. The van der Waals surface area contributed by atoms with Crippen molar-refractivity contribution in [2.75, 3.05) is 43.1 Å². The Morgan fingerprint density at radius 3 is 2.34 bits per heavy atom. The number of anilines is 2. The fraction of sp³-hybridized carbons (Fsp3) is 0.393. The van der Waals surface area contributed by atoms with Gasteiger partial charge in [-0.05, 0) is 67.6 Å². The third-order valence-corrected chi connectivity index (χ3v) is 8.39. The van der Waals surface area contributed by atoms with Crippen LogP contribution in [0, 0.1) is 0 Å². The lowest BCUT2D eigenvalue weighted by atomic mass is 9.97. The largest absolute Gasteiger partial charge is 0.497 e. The maximum absolute atomic E-state index is 5.33. The highest BCUT2D eigenvalue weighted by Gasteiger charge is 2.26. The van der Waals surface area contributed by atoms with Gasteiger partial charge < -0.3 is 14.5 Å². The molecule has 2 aliphatic rings. The molecule has 0 spiro atoms. The van der Waals surface area contributed by atoms with Crippen molar-refractivity contribution < 1.29 is 4.74 Å². The lowest BCUT2D eigenvalue weighted by Gasteiger charge is -2.37. The van der Waals surface area contributed by atoms with Crippen LogP contribution in [0.1, 0.15) is 36.1 Å². The van der Waals surface area contributed by atoms with E-state index in [1.807, 2.05) is 47.9 Å². The number of nitrogens with zero attached hydrogens (tertiary/aromatic N) is 5. The van der Waals surface area contributed by atoms with Gasteiger partial charge in [-0.25, -0.2) is 9.97 Å². The molecule has 1 saturated heterocycles. The third-order valence-electron chi connectivity index (χ3n) is 7.21. The van der Waals surface area contributed by atoms with Crippen LogP contribution in [0.15, 0.2) is 48.7 Å². The van der Waals surface area contributed by atoms with E-state index in [9.17, 15) is 0 Å². The monoisotopic (exact) mass is 485 g/mol. The summed E-state index contributed by atoms with van der Waals surface area (Å²) in [5.41, 5.74) is 3.59. The van der Waals surface area contributed by atoms with Crippen LogP contribution < -0.4 is 14.5 Å². The van der Waals surface area contributed by atoms with Gasteiger partial charge in [0.15, 0.2) is 5.82 Å². The van der Waals surface area contributed by atoms with Gasteiger partial charge in [0.25, 0.3) is 0 Å². The van der Waals surface area contributed by atoms with Crippen LogP contribution in [0.3, 0.4) is 0 Å². The molecule has 1 aliphatic heterocycles. The van der Waals surface area contributed by atoms with E-state index in [-0.39, 0.29) is 0 Å². The Morgan fingerprint density at radius 1 is 0.829 bits per heavy atom. The zero-order chi connectivity index (χ0) is 23.6. The van der Waals surface area contributed by atoms with Crippen LogP contribution in [0.5, 0.6) is 5.75 Å². The maximum atomic E-state index is 5.33. The smallest absolute Gasteiger partial charge is 0.181 e. The number of methoxy groups -OCH3 is 1. The summed E-state index contributed by atoms with van der Waals surface area (Å²) < 4.78 is 5.33. The van der Waals surface area contributed by atoms with Crippen molar-refractivity contribution in [1.82, 2.24) is 15.0 Å². The molecule has 7 heteroatoms. The molecule has 6 nitrogen and oxygen atoms in total. The number of ether oxygens (including phenoxy) is 1. The highest BCUT2D eigenvalue weighted by Crippen LogP contribution is 2.40. The SMILES string of the molecule is COc1ccc(N2CCN(c3nc(-c4ccccn4)nc4sc5c(c34)CCCCCC5)CC2)cc1. The van der Waals surface area contributed by atoms with E-state index in [0.29, 0.717) is 0 Å². The molecule has 0 atom stereocenters.